The zero-order valence-corrected chi connectivity index (χ0v) is 12.7. The Kier molecular flexibility index (Phi) is 3.07. The zero-order valence-electron chi connectivity index (χ0n) is 12.7. The van der Waals surface area contributed by atoms with Crippen molar-refractivity contribution in [2.75, 3.05) is 13.1 Å². The van der Waals surface area contributed by atoms with Gasteiger partial charge in [0.15, 0.2) is 5.58 Å². The fourth-order valence-electron chi connectivity index (χ4n) is 3.19. The number of aromatic nitrogens is 3. The number of nitrogens with zero attached hydrogens (tertiary/aromatic N) is 3. The number of amides is 1. The number of likely N-dealkylation sites (tertiary alicyclic amines) is 1. The highest BCUT2D eigenvalue weighted by molar-refractivity contribution is 5.97. The number of aryl methyl sites for hydroxylation is 1. The molecule has 1 N–H and O–H groups in total. The number of aromatic amines is 1. The van der Waals surface area contributed by atoms with Crippen LogP contribution in [0.15, 0.2) is 39.8 Å². The second-order valence-corrected chi connectivity index (χ2v) is 5.86. The van der Waals surface area contributed by atoms with E-state index in [1.807, 2.05) is 22.7 Å². The van der Waals surface area contributed by atoms with Crippen LogP contribution in [0, 0.1) is 0 Å². The number of hydrogen-bond acceptors (Lipinski definition) is 4. The quantitative estimate of drug-likeness (QED) is 0.777. The third-order valence-electron chi connectivity index (χ3n) is 4.36. The lowest BCUT2D eigenvalue weighted by molar-refractivity contribution is 0.0790. The summed E-state index contributed by atoms with van der Waals surface area (Å²) in [7, 11) is 1.97. The van der Waals surface area contributed by atoms with Gasteiger partial charge in [-0.15, -0.1) is 0 Å². The van der Waals surface area contributed by atoms with Gasteiger partial charge in [0.25, 0.3) is 5.91 Å². The van der Waals surface area contributed by atoms with E-state index in [2.05, 4.69) is 9.97 Å². The lowest BCUT2D eigenvalue weighted by Crippen LogP contribution is -2.28. The summed E-state index contributed by atoms with van der Waals surface area (Å²) in [5, 5.41) is 0. The third kappa shape index (κ3) is 2.34. The minimum absolute atomic E-state index is 0.0364. The molecule has 7 heteroatoms. The molecule has 1 saturated heterocycles. The van der Waals surface area contributed by atoms with Crippen LogP contribution < -0.4 is 5.76 Å². The van der Waals surface area contributed by atoms with Crippen LogP contribution in [-0.2, 0) is 7.05 Å². The van der Waals surface area contributed by atoms with E-state index in [1.165, 1.54) is 0 Å². The molecule has 1 atom stereocenters. The molecule has 1 aliphatic heterocycles. The predicted octanol–water partition coefficient (Wildman–Crippen LogP) is 1.48. The first kappa shape index (κ1) is 13.8. The van der Waals surface area contributed by atoms with Gasteiger partial charge in [-0.1, -0.05) is 0 Å². The van der Waals surface area contributed by atoms with Gasteiger partial charge in [0.2, 0.25) is 0 Å². The van der Waals surface area contributed by atoms with E-state index in [1.54, 1.807) is 24.4 Å². The lowest BCUT2D eigenvalue weighted by atomic mass is 10.1. The van der Waals surface area contributed by atoms with E-state index in [4.69, 9.17) is 4.42 Å². The van der Waals surface area contributed by atoms with Crippen LogP contribution in [0.5, 0.6) is 0 Å². The van der Waals surface area contributed by atoms with Crippen LogP contribution in [0.2, 0.25) is 0 Å². The first-order chi connectivity index (χ1) is 11.1. The molecule has 0 aliphatic carbocycles. The van der Waals surface area contributed by atoms with Crippen molar-refractivity contribution in [2.24, 2.45) is 7.05 Å². The summed E-state index contributed by atoms with van der Waals surface area (Å²) in [6.45, 7) is 1.36. The Morgan fingerprint density at radius 2 is 2.30 bits per heavy atom. The van der Waals surface area contributed by atoms with Gasteiger partial charge >= 0.3 is 5.76 Å². The highest BCUT2D eigenvalue weighted by Crippen LogP contribution is 2.27. The Balaban J connectivity index is 1.56. The maximum atomic E-state index is 12.7. The molecular formula is C16H16N4O3. The highest BCUT2D eigenvalue weighted by atomic mass is 16.4. The van der Waals surface area contributed by atoms with Gasteiger partial charge in [0.05, 0.1) is 5.52 Å². The fraction of sp³-hybridized carbons (Fsp3) is 0.312. The molecule has 4 rings (SSSR count). The molecule has 0 saturated carbocycles. The van der Waals surface area contributed by atoms with E-state index in [9.17, 15) is 9.59 Å². The summed E-state index contributed by atoms with van der Waals surface area (Å²) in [4.78, 5) is 32.7. The number of hydrogen-bond donors (Lipinski definition) is 1. The maximum absolute atomic E-state index is 12.7. The summed E-state index contributed by atoms with van der Waals surface area (Å²) in [5.41, 5.74) is 1.55. The van der Waals surface area contributed by atoms with Crippen LogP contribution in [-0.4, -0.2) is 38.4 Å². The molecule has 1 fully saturated rings. The molecule has 1 amide bonds. The van der Waals surface area contributed by atoms with Gasteiger partial charge in [-0.25, -0.2) is 9.78 Å². The summed E-state index contributed by atoms with van der Waals surface area (Å²) in [5.74, 6) is 0.720. The minimum Gasteiger partial charge on any atom is -0.408 e. The van der Waals surface area contributed by atoms with Crippen LogP contribution in [0.25, 0.3) is 11.1 Å². The van der Waals surface area contributed by atoms with E-state index < -0.39 is 5.76 Å². The molecule has 118 valence electrons. The Morgan fingerprint density at radius 1 is 1.43 bits per heavy atom. The summed E-state index contributed by atoms with van der Waals surface area (Å²) in [6, 6.07) is 5.00. The topological polar surface area (TPSA) is 84.1 Å². The van der Waals surface area contributed by atoms with Crippen molar-refractivity contribution in [1.29, 1.82) is 0 Å². The first-order valence-electron chi connectivity index (χ1n) is 7.51. The molecule has 23 heavy (non-hydrogen) atoms. The molecule has 1 unspecified atom stereocenters. The minimum atomic E-state index is -0.513. The molecule has 1 aliphatic rings. The Labute approximate surface area is 131 Å². The molecular weight excluding hydrogens is 296 g/mol. The van der Waals surface area contributed by atoms with Crippen LogP contribution >= 0.6 is 0 Å². The SMILES string of the molecule is Cn1ccnc1C1CCN(C(=O)c2ccc3oc(=O)[nH]c3c2)C1. The zero-order chi connectivity index (χ0) is 16.0. The molecule has 2 aromatic heterocycles. The number of fused-ring (bicyclic) bond motifs is 1. The number of carbonyl (C=O) groups excluding carboxylic acids is 1. The summed E-state index contributed by atoms with van der Waals surface area (Å²) in [6.07, 6.45) is 4.60. The van der Waals surface area contributed by atoms with Crippen LogP contribution in [0.4, 0.5) is 0 Å². The van der Waals surface area contributed by atoms with Gasteiger partial charge in [-0.05, 0) is 24.6 Å². The highest BCUT2D eigenvalue weighted by Gasteiger charge is 2.30. The normalized spacial score (nSPS) is 18.0. The van der Waals surface area contributed by atoms with E-state index in [-0.39, 0.29) is 11.8 Å². The average Bonchev–Trinajstić information content (AvgIpc) is 3.23. The maximum Gasteiger partial charge on any atom is 0.417 e. The van der Waals surface area contributed by atoms with Gasteiger partial charge in [0.1, 0.15) is 5.82 Å². The number of benzene rings is 1. The number of imidazole rings is 1. The van der Waals surface area contributed by atoms with Crippen molar-refractivity contribution in [3.8, 4) is 0 Å². The summed E-state index contributed by atoms with van der Waals surface area (Å²) < 4.78 is 6.96. The van der Waals surface area contributed by atoms with Gasteiger partial charge in [-0.2, -0.15) is 0 Å². The van der Waals surface area contributed by atoms with E-state index >= 15 is 0 Å². The van der Waals surface area contributed by atoms with Gasteiger partial charge < -0.3 is 13.9 Å². The van der Waals surface area contributed by atoms with E-state index in [0.717, 1.165) is 12.2 Å². The number of rotatable bonds is 2. The van der Waals surface area contributed by atoms with Gasteiger partial charge in [0, 0.05) is 44.0 Å². The molecule has 3 heterocycles. The van der Waals surface area contributed by atoms with Crippen molar-refractivity contribution in [1.82, 2.24) is 19.4 Å². The second-order valence-electron chi connectivity index (χ2n) is 5.86. The number of nitrogens with one attached hydrogen (secondary N) is 1. The van der Waals surface area contributed by atoms with Crippen LogP contribution in [0.1, 0.15) is 28.5 Å². The standard InChI is InChI=1S/C16H16N4O3/c1-19-7-5-17-14(19)11-4-6-20(9-11)15(21)10-2-3-13-12(8-10)18-16(22)23-13/h2-3,5,7-8,11H,4,6,9H2,1H3,(H,18,22). The number of carbonyl (C=O) groups is 1. The Morgan fingerprint density at radius 3 is 3.09 bits per heavy atom. The smallest absolute Gasteiger partial charge is 0.408 e. The average molecular weight is 312 g/mol. The van der Waals surface area contributed by atoms with Crippen molar-refractivity contribution in [2.45, 2.75) is 12.3 Å². The Bertz CT molecular complexity index is 936. The lowest BCUT2D eigenvalue weighted by Gasteiger charge is -2.16. The monoisotopic (exact) mass is 312 g/mol. The largest absolute Gasteiger partial charge is 0.417 e. The predicted molar refractivity (Wildman–Crippen MR) is 83.3 cm³/mol. The Hall–Kier alpha value is -2.83. The van der Waals surface area contributed by atoms with Gasteiger partial charge in [-0.3, -0.25) is 9.78 Å². The van der Waals surface area contributed by atoms with E-state index in [0.29, 0.717) is 29.8 Å². The molecule has 0 bridgehead atoms. The van der Waals surface area contributed by atoms with Crippen molar-refractivity contribution in [3.05, 3.63) is 52.5 Å². The van der Waals surface area contributed by atoms with Crippen molar-refractivity contribution >= 4 is 17.0 Å². The van der Waals surface area contributed by atoms with Crippen molar-refractivity contribution in [3.63, 3.8) is 0 Å². The molecule has 7 nitrogen and oxygen atoms in total. The molecule has 0 radical (unpaired) electrons. The number of H-pyrrole nitrogens is 1. The first-order valence-corrected chi connectivity index (χ1v) is 7.51. The molecule has 0 spiro atoms. The summed E-state index contributed by atoms with van der Waals surface area (Å²) >= 11 is 0. The fourth-order valence-corrected chi connectivity index (χ4v) is 3.19. The molecule has 3 aromatic rings. The van der Waals surface area contributed by atoms with Crippen LogP contribution in [0.3, 0.4) is 0 Å². The number of oxazole rings is 1. The van der Waals surface area contributed by atoms with Crippen molar-refractivity contribution < 1.29 is 9.21 Å². The third-order valence-corrected chi connectivity index (χ3v) is 4.36. The molecule has 1 aromatic carbocycles. The second kappa shape index (κ2) is 5.12.